The zero-order valence-corrected chi connectivity index (χ0v) is 35.4. The molecule has 0 amide bonds. The summed E-state index contributed by atoms with van der Waals surface area (Å²) in [5.74, 6) is 0.682. The highest BCUT2D eigenvalue weighted by molar-refractivity contribution is 6.15. The molecule has 0 saturated carbocycles. The molecule has 3 aromatic heterocycles. The maximum absolute atomic E-state index is 5.54. The Kier molecular flexibility index (Phi) is 9.46. The molecule has 0 unspecified atom stereocenters. The molecule has 3 heterocycles. The zero-order chi connectivity index (χ0) is 43.1. The average molecular weight is 829 g/mol. The third-order valence-corrected chi connectivity index (χ3v) is 12.5. The van der Waals surface area contributed by atoms with Gasteiger partial charge in [-0.2, -0.15) is 5.10 Å². The van der Waals surface area contributed by atoms with E-state index in [4.69, 9.17) is 15.1 Å². The number of fused-ring (bicyclic) bond motifs is 4. The first-order valence-corrected chi connectivity index (χ1v) is 22.0. The van der Waals surface area contributed by atoms with Gasteiger partial charge in [-0.15, -0.1) is 0 Å². The van der Waals surface area contributed by atoms with Crippen molar-refractivity contribution in [2.75, 3.05) is 0 Å². The summed E-state index contributed by atoms with van der Waals surface area (Å²) in [6, 6.07) is 85.6. The lowest BCUT2D eigenvalue weighted by Crippen LogP contribution is -2.00. The van der Waals surface area contributed by atoms with Gasteiger partial charge in [0.1, 0.15) is 5.69 Å². The molecule has 0 bridgehead atoms. The first-order valence-electron chi connectivity index (χ1n) is 22.0. The second-order valence-electron chi connectivity index (χ2n) is 16.4. The summed E-state index contributed by atoms with van der Waals surface area (Å²) >= 11 is 0. The Morgan fingerprint density at radius 3 is 1.26 bits per heavy atom. The first kappa shape index (κ1) is 38.0. The number of hydrogen-bond acceptors (Lipinski definition) is 3. The van der Waals surface area contributed by atoms with Crippen LogP contribution in [-0.4, -0.2) is 19.6 Å². The van der Waals surface area contributed by atoms with Gasteiger partial charge in [0, 0.05) is 44.2 Å². The number of nitrogens with zero attached hydrogens (tertiary/aromatic N) is 4. The Balaban J connectivity index is 0.982. The van der Waals surface area contributed by atoms with Crippen molar-refractivity contribution >= 4 is 27.2 Å². The smallest absolute Gasteiger partial charge is 0.160 e. The molecule has 0 aliphatic rings. The Labute approximate surface area is 377 Å². The molecule has 0 aliphatic heterocycles. The Morgan fingerprint density at radius 2 is 0.662 bits per heavy atom. The first-order chi connectivity index (χ1) is 32.2. The molecule has 65 heavy (non-hydrogen) atoms. The van der Waals surface area contributed by atoms with E-state index in [0.29, 0.717) is 5.82 Å². The van der Waals surface area contributed by atoms with Crippen LogP contribution in [0.2, 0.25) is 0 Å². The molecule has 0 N–H and O–H groups in total. The minimum atomic E-state index is 0.682. The highest BCUT2D eigenvalue weighted by Gasteiger charge is 2.25. The second-order valence-corrected chi connectivity index (χ2v) is 16.4. The minimum absolute atomic E-state index is 0.682. The number of aromatic nitrogens is 4. The van der Waals surface area contributed by atoms with Crippen LogP contribution in [0.25, 0.3) is 117 Å². The third kappa shape index (κ3) is 6.85. The molecule has 4 heteroatoms. The van der Waals surface area contributed by atoms with Gasteiger partial charge in [-0.25, -0.2) is 14.5 Å². The maximum atomic E-state index is 5.54. The lowest BCUT2D eigenvalue weighted by Gasteiger charge is -2.18. The largest absolute Gasteiger partial charge is 0.231 e. The van der Waals surface area contributed by atoms with Gasteiger partial charge in [-0.1, -0.05) is 237 Å². The third-order valence-electron chi connectivity index (χ3n) is 12.5. The van der Waals surface area contributed by atoms with Gasteiger partial charge in [0.15, 0.2) is 5.82 Å². The van der Waals surface area contributed by atoms with E-state index in [1.165, 1.54) is 16.7 Å². The van der Waals surface area contributed by atoms with Crippen molar-refractivity contribution < 1.29 is 0 Å². The molecule has 0 aliphatic carbocycles. The minimum Gasteiger partial charge on any atom is -0.231 e. The van der Waals surface area contributed by atoms with E-state index in [1.54, 1.807) is 0 Å². The van der Waals surface area contributed by atoms with E-state index < -0.39 is 0 Å². The van der Waals surface area contributed by atoms with Gasteiger partial charge in [0.05, 0.1) is 22.4 Å². The van der Waals surface area contributed by atoms with Crippen molar-refractivity contribution in [1.82, 2.24) is 19.6 Å². The van der Waals surface area contributed by atoms with Crippen molar-refractivity contribution in [3.05, 3.63) is 243 Å². The van der Waals surface area contributed by atoms with Crippen LogP contribution in [0.1, 0.15) is 0 Å². The van der Waals surface area contributed by atoms with Crippen LogP contribution in [-0.2, 0) is 0 Å². The molecule has 0 spiro atoms. The fourth-order valence-corrected chi connectivity index (χ4v) is 9.32. The summed E-state index contributed by atoms with van der Waals surface area (Å²) in [4.78, 5) is 10.4. The van der Waals surface area contributed by atoms with Gasteiger partial charge in [-0.05, 0) is 44.8 Å². The van der Waals surface area contributed by atoms with Gasteiger partial charge >= 0.3 is 0 Å². The highest BCUT2D eigenvalue weighted by Crippen LogP contribution is 2.46. The van der Waals surface area contributed by atoms with E-state index in [-0.39, 0.29) is 0 Å². The Morgan fingerprint density at radius 1 is 0.262 bits per heavy atom. The van der Waals surface area contributed by atoms with Crippen LogP contribution < -0.4 is 0 Å². The number of hydrogen-bond donors (Lipinski definition) is 0. The summed E-state index contributed by atoms with van der Waals surface area (Å²) in [7, 11) is 0. The van der Waals surface area contributed by atoms with Crippen LogP contribution in [0.4, 0.5) is 0 Å². The van der Waals surface area contributed by atoms with Crippen molar-refractivity contribution in [2.24, 2.45) is 0 Å². The normalized spacial score (nSPS) is 11.4. The maximum Gasteiger partial charge on any atom is 0.160 e. The molecule has 4 nitrogen and oxygen atoms in total. The molecule has 12 rings (SSSR count). The number of rotatable bonds is 8. The predicted octanol–water partition coefficient (Wildman–Crippen LogP) is 15.8. The van der Waals surface area contributed by atoms with E-state index in [2.05, 4.69) is 241 Å². The van der Waals surface area contributed by atoms with Crippen molar-refractivity contribution in [3.63, 3.8) is 0 Å². The summed E-state index contributed by atoms with van der Waals surface area (Å²) in [5.41, 5.74) is 18.2. The summed E-state index contributed by atoms with van der Waals surface area (Å²) < 4.78 is 2.19. The second kappa shape index (κ2) is 16.2. The quantitative estimate of drug-likeness (QED) is 0.153. The van der Waals surface area contributed by atoms with Crippen molar-refractivity contribution in [2.45, 2.75) is 0 Å². The SMILES string of the molecule is c1ccc(-c2ccc(-c3ccc(-c4nc(-c5ccc(-c6c(-c7ccccc7)n7nc(-c8ccccc8)c(-c8ccccc8)c7c7ccccc67)cc5)nc5ccccc45)cc3)cc2)cc1. The monoisotopic (exact) mass is 828 g/mol. The molecule has 0 fully saturated rings. The lowest BCUT2D eigenvalue weighted by molar-refractivity contribution is 0.981. The van der Waals surface area contributed by atoms with Crippen LogP contribution >= 0.6 is 0 Å². The molecule has 304 valence electrons. The fourth-order valence-electron chi connectivity index (χ4n) is 9.32. The van der Waals surface area contributed by atoms with Crippen LogP contribution in [0.3, 0.4) is 0 Å². The van der Waals surface area contributed by atoms with Gasteiger partial charge in [-0.3, -0.25) is 0 Å². The van der Waals surface area contributed by atoms with Crippen LogP contribution in [0.15, 0.2) is 243 Å². The van der Waals surface area contributed by atoms with E-state index >= 15 is 0 Å². The Bertz CT molecular complexity index is 3640. The van der Waals surface area contributed by atoms with Gasteiger partial charge in [0.2, 0.25) is 0 Å². The van der Waals surface area contributed by atoms with E-state index in [0.717, 1.165) is 94.3 Å². The van der Waals surface area contributed by atoms with Gasteiger partial charge < -0.3 is 0 Å². The van der Waals surface area contributed by atoms with Crippen LogP contribution in [0, 0.1) is 0 Å². The molecule has 12 aromatic rings. The van der Waals surface area contributed by atoms with Crippen molar-refractivity contribution in [1.29, 1.82) is 0 Å². The summed E-state index contributed by atoms with van der Waals surface area (Å²) in [6.45, 7) is 0. The van der Waals surface area contributed by atoms with Crippen molar-refractivity contribution in [3.8, 4) is 89.7 Å². The molecule has 0 atom stereocenters. The van der Waals surface area contributed by atoms with Gasteiger partial charge in [0.25, 0.3) is 0 Å². The van der Waals surface area contributed by atoms with Crippen LogP contribution in [0.5, 0.6) is 0 Å². The standard InChI is InChI=1S/C61H40N4/c1-5-17-41(18-6-1)42-29-31-43(32-30-42)44-33-37-48(38-34-44)57-53-27-15-16-28-54(53)62-61(63-57)50-39-35-46(36-40-50)55-51-25-13-14-26-52(51)60-56(45-19-7-2-8-20-45)58(47-21-9-3-10-22-47)64-65(60)59(55)49-23-11-4-12-24-49/h1-40H. The molecule has 9 aromatic carbocycles. The molecule has 0 saturated heterocycles. The molecular weight excluding hydrogens is 789 g/mol. The molecule has 0 radical (unpaired) electrons. The van der Waals surface area contributed by atoms with E-state index in [1.807, 2.05) is 6.07 Å². The predicted molar refractivity (Wildman–Crippen MR) is 269 cm³/mol. The Hall–Kier alpha value is -8.73. The summed E-state index contributed by atoms with van der Waals surface area (Å²) in [5, 5.41) is 8.85. The lowest BCUT2D eigenvalue weighted by atomic mass is 9.91. The molecular formula is C61H40N4. The average Bonchev–Trinajstić information content (AvgIpc) is 3.80. The highest BCUT2D eigenvalue weighted by atomic mass is 15.2. The number of benzene rings is 9. The number of para-hydroxylation sites is 1. The summed E-state index contributed by atoms with van der Waals surface area (Å²) in [6.07, 6.45) is 0. The zero-order valence-electron chi connectivity index (χ0n) is 35.4. The topological polar surface area (TPSA) is 43.1 Å². The number of pyridine rings is 1. The fraction of sp³-hybridized carbons (Fsp3) is 0. The van der Waals surface area contributed by atoms with E-state index in [9.17, 15) is 0 Å².